The molecule has 0 saturated heterocycles. The summed E-state index contributed by atoms with van der Waals surface area (Å²) in [5, 5.41) is 22.6. The summed E-state index contributed by atoms with van der Waals surface area (Å²) in [6.07, 6.45) is 3.54. The zero-order chi connectivity index (χ0) is 12.0. The molecule has 0 bridgehead atoms. The summed E-state index contributed by atoms with van der Waals surface area (Å²) in [6.45, 7) is -1.09. The van der Waals surface area contributed by atoms with Crippen LogP contribution >= 0.6 is 0 Å². The lowest BCUT2D eigenvalue weighted by Gasteiger charge is -2.32. The van der Waals surface area contributed by atoms with Crippen LogP contribution in [0.15, 0.2) is 0 Å². The molecule has 0 aromatic rings. The molecule has 6 heteroatoms. The number of hydrogen-bond donors (Lipinski definition) is 4. The van der Waals surface area contributed by atoms with Gasteiger partial charge in [0.25, 0.3) is 0 Å². The van der Waals surface area contributed by atoms with E-state index in [2.05, 4.69) is 10.6 Å². The van der Waals surface area contributed by atoms with Gasteiger partial charge in [-0.25, -0.2) is 0 Å². The van der Waals surface area contributed by atoms with Gasteiger partial charge in [-0.05, 0) is 12.8 Å². The van der Waals surface area contributed by atoms with Gasteiger partial charge in [0.05, 0.1) is 0 Å². The molecule has 1 aliphatic carbocycles. The number of hydrogen-bond acceptors (Lipinski definition) is 4. The van der Waals surface area contributed by atoms with Gasteiger partial charge in [0.2, 0.25) is 11.8 Å². The molecule has 1 rings (SSSR count). The first-order valence-corrected chi connectivity index (χ1v) is 5.47. The minimum absolute atomic E-state index is 0.149. The van der Waals surface area contributed by atoms with Crippen LogP contribution in [0.2, 0.25) is 0 Å². The number of amides is 2. The van der Waals surface area contributed by atoms with E-state index in [9.17, 15) is 9.59 Å². The Morgan fingerprint density at radius 1 is 0.938 bits per heavy atom. The molecule has 1 aliphatic rings. The van der Waals surface area contributed by atoms with Crippen molar-refractivity contribution < 1.29 is 19.8 Å². The first-order chi connectivity index (χ1) is 7.67. The molecule has 16 heavy (non-hydrogen) atoms. The van der Waals surface area contributed by atoms with Crippen molar-refractivity contribution in [1.29, 1.82) is 0 Å². The normalized spacial score (nSPS) is 24.9. The summed E-state index contributed by atoms with van der Waals surface area (Å²) in [6, 6.07) is -0.298. The highest BCUT2D eigenvalue weighted by Gasteiger charge is 2.27. The standard InChI is InChI=1S/C10H18N2O4/c13-5-9(15)11-7-3-1-2-4-8(7)12-10(16)6-14/h7-8,13-14H,1-6H2,(H,11,15)(H,12,16)/t7-,8-/m1/s1. The number of rotatable bonds is 4. The van der Waals surface area contributed by atoms with E-state index in [4.69, 9.17) is 10.2 Å². The van der Waals surface area contributed by atoms with Crippen molar-refractivity contribution in [1.82, 2.24) is 10.6 Å². The first kappa shape index (κ1) is 12.9. The summed E-state index contributed by atoms with van der Waals surface area (Å²) < 4.78 is 0. The lowest BCUT2D eigenvalue weighted by atomic mass is 9.90. The molecule has 0 unspecified atom stereocenters. The third-order valence-electron chi connectivity index (χ3n) is 2.75. The first-order valence-electron chi connectivity index (χ1n) is 5.47. The van der Waals surface area contributed by atoms with Gasteiger partial charge in [0.1, 0.15) is 13.2 Å². The molecule has 1 saturated carbocycles. The number of nitrogens with one attached hydrogen (secondary N) is 2. The van der Waals surface area contributed by atoms with Crippen molar-refractivity contribution in [3.05, 3.63) is 0 Å². The Kier molecular flexibility index (Phi) is 5.21. The smallest absolute Gasteiger partial charge is 0.245 e. The second-order valence-corrected chi connectivity index (χ2v) is 3.95. The van der Waals surface area contributed by atoms with Crippen LogP contribution in [0.3, 0.4) is 0 Å². The van der Waals surface area contributed by atoms with Gasteiger partial charge in [0, 0.05) is 12.1 Å². The SMILES string of the molecule is O=C(CO)N[C@@H]1CCCC[C@H]1NC(=O)CO. The van der Waals surface area contributed by atoms with E-state index in [1.165, 1.54) is 0 Å². The molecule has 1 fully saturated rings. The molecule has 0 aromatic carbocycles. The van der Waals surface area contributed by atoms with Crippen molar-refractivity contribution in [2.45, 2.75) is 37.8 Å². The van der Waals surface area contributed by atoms with Gasteiger partial charge in [-0.15, -0.1) is 0 Å². The van der Waals surface area contributed by atoms with Crippen LogP contribution in [-0.4, -0.2) is 47.3 Å². The molecule has 2 amide bonds. The fraction of sp³-hybridized carbons (Fsp3) is 0.800. The second-order valence-electron chi connectivity index (χ2n) is 3.95. The lowest BCUT2D eigenvalue weighted by Crippen LogP contribution is -2.54. The molecular weight excluding hydrogens is 212 g/mol. The van der Waals surface area contributed by atoms with Crippen molar-refractivity contribution in [2.75, 3.05) is 13.2 Å². The number of carbonyl (C=O) groups is 2. The van der Waals surface area contributed by atoms with E-state index in [1.807, 2.05) is 0 Å². The highest BCUT2D eigenvalue weighted by molar-refractivity contribution is 5.78. The number of aliphatic hydroxyl groups is 2. The van der Waals surface area contributed by atoms with E-state index in [-0.39, 0.29) is 12.1 Å². The van der Waals surface area contributed by atoms with Gasteiger partial charge < -0.3 is 20.8 Å². The lowest BCUT2D eigenvalue weighted by molar-refractivity contribution is -0.127. The molecule has 4 N–H and O–H groups in total. The maximum Gasteiger partial charge on any atom is 0.245 e. The van der Waals surface area contributed by atoms with E-state index in [0.29, 0.717) is 0 Å². The fourth-order valence-corrected chi connectivity index (χ4v) is 1.98. The number of aliphatic hydroxyl groups excluding tert-OH is 2. The van der Waals surface area contributed by atoms with Crippen LogP contribution in [0.25, 0.3) is 0 Å². The topological polar surface area (TPSA) is 98.7 Å². The van der Waals surface area contributed by atoms with Gasteiger partial charge in [-0.1, -0.05) is 12.8 Å². The molecule has 0 heterocycles. The van der Waals surface area contributed by atoms with E-state index in [1.54, 1.807) is 0 Å². The number of carbonyl (C=O) groups excluding carboxylic acids is 2. The van der Waals surface area contributed by atoms with Crippen molar-refractivity contribution in [3.8, 4) is 0 Å². The molecule has 0 aliphatic heterocycles. The quantitative estimate of drug-likeness (QED) is 0.473. The summed E-state index contributed by atoms with van der Waals surface area (Å²) >= 11 is 0. The second kappa shape index (κ2) is 6.44. The van der Waals surface area contributed by atoms with Crippen molar-refractivity contribution >= 4 is 11.8 Å². The Labute approximate surface area is 94.0 Å². The molecule has 0 aromatic heterocycles. The predicted octanol–water partition coefficient (Wildman–Crippen LogP) is -1.49. The maximum atomic E-state index is 11.1. The average Bonchev–Trinajstić information content (AvgIpc) is 2.31. The van der Waals surface area contributed by atoms with Gasteiger partial charge >= 0.3 is 0 Å². The summed E-state index contributed by atoms with van der Waals surface area (Å²) in [5.74, 6) is -0.870. The summed E-state index contributed by atoms with van der Waals surface area (Å²) in [7, 11) is 0. The molecule has 0 spiro atoms. The van der Waals surface area contributed by atoms with Crippen molar-refractivity contribution in [2.24, 2.45) is 0 Å². The van der Waals surface area contributed by atoms with Gasteiger partial charge in [-0.3, -0.25) is 9.59 Å². The Morgan fingerprint density at radius 2 is 1.31 bits per heavy atom. The van der Waals surface area contributed by atoms with Gasteiger partial charge in [0.15, 0.2) is 0 Å². The van der Waals surface area contributed by atoms with Gasteiger partial charge in [-0.2, -0.15) is 0 Å². The summed E-state index contributed by atoms with van der Waals surface area (Å²) in [5.41, 5.74) is 0. The molecule has 6 nitrogen and oxygen atoms in total. The predicted molar refractivity (Wildman–Crippen MR) is 56.5 cm³/mol. The van der Waals surface area contributed by atoms with Crippen LogP contribution < -0.4 is 10.6 Å². The van der Waals surface area contributed by atoms with E-state index in [0.717, 1.165) is 25.7 Å². The third-order valence-corrected chi connectivity index (χ3v) is 2.75. The summed E-state index contributed by atoms with van der Waals surface area (Å²) in [4.78, 5) is 22.1. The van der Waals surface area contributed by atoms with Crippen LogP contribution in [0.4, 0.5) is 0 Å². The zero-order valence-electron chi connectivity index (χ0n) is 9.11. The molecule has 0 radical (unpaired) electrons. The Balaban J connectivity index is 2.49. The van der Waals surface area contributed by atoms with Crippen LogP contribution in [0.1, 0.15) is 25.7 Å². The third kappa shape index (κ3) is 3.79. The fourth-order valence-electron chi connectivity index (χ4n) is 1.98. The maximum absolute atomic E-state index is 11.1. The minimum Gasteiger partial charge on any atom is -0.387 e. The Hall–Kier alpha value is -1.14. The van der Waals surface area contributed by atoms with Crippen molar-refractivity contribution in [3.63, 3.8) is 0 Å². The largest absolute Gasteiger partial charge is 0.387 e. The molecule has 92 valence electrons. The highest BCUT2D eigenvalue weighted by Crippen LogP contribution is 2.18. The molecular formula is C10H18N2O4. The van der Waals surface area contributed by atoms with E-state index >= 15 is 0 Å². The van der Waals surface area contributed by atoms with Crippen LogP contribution in [0.5, 0.6) is 0 Å². The Morgan fingerprint density at radius 3 is 1.62 bits per heavy atom. The highest BCUT2D eigenvalue weighted by atomic mass is 16.3. The zero-order valence-corrected chi connectivity index (χ0v) is 9.11. The van der Waals surface area contributed by atoms with E-state index < -0.39 is 25.0 Å². The minimum atomic E-state index is -0.544. The van der Waals surface area contributed by atoms with Crippen LogP contribution in [0, 0.1) is 0 Å². The van der Waals surface area contributed by atoms with Crippen LogP contribution in [-0.2, 0) is 9.59 Å². The monoisotopic (exact) mass is 230 g/mol. The molecule has 2 atom stereocenters. The average molecular weight is 230 g/mol. The Bertz CT molecular complexity index is 231.